The lowest BCUT2D eigenvalue weighted by molar-refractivity contribution is 0.297. The van der Waals surface area contributed by atoms with Crippen LogP contribution in [0, 0.1) is 0 Å². The van der Waals surface area contributed by atoms with Crippen molar-refractivity contribution < 1.29 is 14.2 Å². The SMILES string of the molecule is COc1ccc(OC)c(COc2ccccc2N)c1. The molecule has 0 spiro atoms. The molecule has 0 fully saturated rings. The van der Waals surface area contributed by atoms with Crippen LogP contribution < -0.4 is 19.9 Å². The minimum atomic E-state index is 0.370. The zero-order valence-corrected chi connectivity index (χ0v) is 11.1. The maximum atomic E-state index is 5.83. The number of methoxy groups -OCH3 is 2. The van der Waals surface area contributed by atoms with Gasteiger partial charge in [0.05, 0.1) is 19.9 Å². The summed E-state index contributed by atoms with van der Waals surface area (Å²) in [4.78, 5) is 0. The van der Waals surface area contributed by atoms with Crippen molar-refractivity contribution in [2.45, 2.75) is 6.61 Å². The van der Waals surface area contributed by atoms with E-state index in [2.05, 4.69) is 0 Å². The summed E-state index contributed by atoms with van der Waals surface area (Å²) in [5.41, 5.74) is 7.35. The monoisotopic (exact) mass is 259 g/mol. The Hall–Kier alpha value is -2.36. The van der Waals surface area contributed by atoms with Crippen molar-refractivity contribution in [1.29, 1.82) is 0 Å². The molecule has 0 unspecified atom stereocenters. The topological polar surface area (TPSA) is 53.7 Å². The highest BCUT2D eigenvalue weighted by atomic mass is 16.5. The summed E-state index contributed by atoms with van der Waals surface area (Å²) < 4.78 is 16.2. The number of rotatable bonds is 5. The molecule has 0 heterocycles. The molecule has 4 heteroatoms. The average Bonchev–Trinajstić information content (AvgIpc) is 2.46. The third-order valence-corrected chi connectivity index (χ3v) is 2.79. The predicted octanol–water partition coefficient (Wildman–Crippen LogP) is 2.87. The maximum Gasteiger partial charge on any atom is 0.142 e. The molecule has 0 amide bonds. The zero-order chi connectivity index (χ0) is 13.7. The number of benzene rings is 2. The number of ether oxygens (including phenoxy) is 3. The Bertz CT molecular complexity index is 555. The third-order valence-electron chi connectivity index (χ3n) is 2.79. The van der Waals surface area contributed by atoms with Crippen LogP contribution in [0.2, 0.25) is 0 Å². The number of hydrogen-bond donors (Lipinski definition) is 1. The predicted molar refractivity (Wildman–Crippen MR) is 74.7 cm³/mol. The second-order valence-corrected chi connectivity index (χ2v) is 4.00. The Morgan fingerprint density at radius 3 is 2.42 bits per heavy atom. The molecule has 0 aliphatic rings. The summed E-state index contributed by atoms with van der Waals surface area (Å²) in [5.74, 6) is 2.18. The van der Waals surface area contributed by atoms with E-state index in [1.165, 1.54) is 0 Å². The number of nitrogens with two attached hydrogens (primary N) is 1. The van der Waals surface area contributed by atoms with Crippen LogP contribution in [0.15, 0.2) is 42.5 Å². The standard InChI is InChI=1S/C15H17NO3/c1-17-12-7-8-14(18-2)11(9-12)10-19-15-6-4-3-5-13(15)16/h3-9H,10,16H2,1-2H3. The van der Waals surface area contributed by atoms with E-state index in [-0.39, 0.29) is 0 Å². The smallest absolute Gasteiger partial charge is 0.142 e. The Morgan fingerprint density at radius 2 is 1.74 bits per heavy atom. The van der Waals surface area contributed by atoms with Crippen LogP contribution in [0.5, 0.6) is 17.2 Å². The molecular formula is C15H17NO3. The van der Waals surface area contributed by atoms with Gasteiger partial charge in [0, 0.05) is 5.56 Å². The number of para-hydroxylation sites is 2. The van der Waals surface area contributed by atoms with Crippen LogP contribution in [-0.4, -0.2) is 14.2 Å². The average molecular weight is 259 g/mol. The summed E-state index contributed by atoms with van der Waals surface area (Å²) in [5, 5.41) is 0. The molecule has 0 atom stereocenters. The Labute approximate surface area is 112 Å². The van der Waals surface area contributed by atoms with Gasteiger partial charge in [-0.3, -0.25) is 0 Å². The molecule has 0 aliphatic heterocycles. The van der Waals surface area contributed by atoms with E-state index in [0.717, 1.165) is 17.1 Å². The molecular weight excluding hydrogens is 242 g/mol. The van der Waals surface area contributed by atoms with E-state index < -0.39 is 0 Å². The Balaban J connectivity index is 2.16. The molecule has 2 aromatic rings. The molecule has 100 valence electrons. The number of anilines is 1. The lowest BCUT2D eigenvalue weighted by Gasteiger charge is -2.12. The van der Waals surface area contributed by atoms with Crippen molar-refractivity contribution in [3.8, 4) is 17.2 Å². The molecule has 2 aromatic carbocycles. The highest BCUT2D eigenvalue weighted by Gasteiger charge is 2.07. The van der Waals surface area contributed by atoms with E-state index in [0.29, 0.717) is 18.0 Å². The first-order valence-electron chi connectivity index (χ1n) is 5.93. The third kappa shape index (κ3) is 3.10. The molecule has 0 bridgehead atoms. The van der Waals surface area contributed by atoms with E-state index in [9.17, 15) is 0 Å². The molecule has 0 saturated carbocycles. The first-order valence-corrected chi connectivity index (χ1v) is 5.93. The van der Waals surface area contributed by atoms with E-state index in [4.69, 9.17) is 19.9 Å². The summed E-state index contributed by atoms with van der Waals surface area (Å²) in [6, 6.07) is 13.0. The van der Waals surface area contributed by atoms with E-state index in [1.54, 1.807) is 20.3 Å². The molecule has 2 N–H and O–H groups in total. The number of hydrogen-bond acceptors (Lipinski definition) is 4. The Morgan fingerprint density at radius 1 is 0.947 bits per heavy atom. The van der Waals surface area contributed by atoms with Crippen LogP contribution in [-0.2, 0) is 6.61 Å². The van der Waals surface area contributed by atoms with Crippen LogP contribution in [0.4, 0.5) is 5.69 Å². The van der Waals surface area contributed by atoms with Crippen molar-refractivity contribution in [3.63, 3.8) is 0 Å². The maximum absolute atomic E-state index is 5.83. The molecule has 19 heavy (non-hydrogen) atoms. The van der Waals surface area contributed by atoms with Crippen LogP contribution in [0.25, 0.3) is 0 Å². The highest BCUT2D eigenvalue weighted by molar-refractivity contribution is 5.52. The van der Waals surface area contributed by atoms with E-state index in [1.807, 2.05) is 36.4 Å². The number of nitrogen functional groups attached to an aromatic ring is 1. The second-order valence-electron chi connectivity index (χ2n) is 4.00. The molecule has 0 radical (unpaired) electrons. The van der Waals surface area contributed by atoms with Gasteiger partial charge in [-0.05, 0) is 30.3 Å². The normalized spacial score (nSPS) is 10.0. The van der Waals surface area contributed by atoms with Gasteiger partial charge >= 0.3 is 0 Å². The van der Waals surface area contributed by atoms with Gasteiger partial charge in [-0.15, -0.1) is 0 Å². The summed E-state index contributed by atoms with van der Waals surface area (Å²) >= 11 is 0. The van der Waals surface area contributed by atoms with Gasteiger partial charge < -0.3 is 19.9 Å². The first kappa shape index (κ1) is 13.1. The molecule has 0 saturated heterocycles. The van der Waals surface area contributed by atoms with Gasteiger partial charge in [-0.25, -0.2) is 0 Å². The van der Waals surface area contributed by atoms with Crippen molar-refractivity contribution >= 4 is 5.69 Å². The van der Waals surface area contributed by atoms with Gasteiger partial charge in [-0.1, -0.05) is 12.1 Å². The van der Waals surface area contributed by atoms with E-state index >= 15 is 0 Å². The second kappa shape index (κ2) is 6.00. The van der Waals surface area contributed by atoms with Gasteiger partial charge in [0.2, 0.25) is 0 Å². The van der Waals surface area contributed by atoms with Crippen molar-refractivity contribution in [1.82, 2.24) is 0 Å². The molecule has 0 aromatic heterocycles. The highest BCUT2D eigenvalue weighted by Crippen LogP contribution is 2.27. The summed E-state index contributed by atoms with van der Waals surface area (Å²) in [6.07, 6.45) is 0. The molecule has 2 rings (SSSR count). The lowest BCUT2D eigenvalue weighted by Crippen LogP contribution is -2.01. The van der Waals surface area contributed by atoms with Crippen LogP contribution in [0.1, 0.15) is 5.56 Å². The van der Waals surface area contributed by atoms with Gasteiger partial charge in [0.15, 0.2) is 0 Å². The quantitative estimate of drug-likeness (QED) is 0.839. The van der Waals surface area contributed by atoms with Crippen LogP contribution in [0.3, 0.4) is 0 Å². The molecule has 0 aliphatic carbocycles. The lowest BCUT2D eigenvalue weighted by atomic mass is 10.2. The zero-order valence-electron chi connectivity index (χ0n) is 11.1. The van der Waals surface area contributed by atoms with Gasteiger partial charge in [-0.2, -0.15) is 0 Å². The Kier molecular flexibility index (Phi) is 4.13. The fourth-order valence-corrected chi connectivity index (χ4v) is 1.76. The largest absolute Gasteiger partial charge is 0.497 e. The van der Waals surface area contributed by atoms with Crippen molar-refractivity contribution in [2.75, 3.05) is 20.0 Å². The summed E-state index contributed by atoms with van der Waals surface area (Å²) in [6.45, 7) is 0.370. The van der Waals surface area contributed by atoms with Gasteiger partial charge in [0.25, 0.3) is 0 Å². The van der Waals surface area contributed by atoms with Crippen LogP contribution >= 0.6 is 0 Å². The summed E-state index contributed by atoms with van der Waals surface area (Å²) in [7, 11) is 3.25. The first-order chi connectivity index (χ1) is 9.24. The minimum absolute atomic E-state index is 0.370. The minimum Gasteiger partial charge on any atom is -0.497 e. The van der Waals surface area contributed by atoms with Crippen molar-refractivity contribution in [2.24, 2.45) is 0 Å². The van der Waals surface area contributed by atoms with Crippen molar-refractivity contribution in [3.05, 3.63) is 48.0 Å². The fraction of sp³-hybridized carbons (Fsp3) is 0.200. The molecule has 4 nitrogen and oxygen atoms in total. The fourth-order valence-electron chi connectivity index (χ4n) is 1.76. The van der Waals surface area contributed by atoms with Gasteiger partial charge in [0.1, 0.15) is 23.9 Å².